The third kappa shape index (κ3) is 5.61. The molecule has 220 valence electrons. The molecule has 0 saturated carbocycles. The van der Waals surface area contributed by atoms with Crippen LogP contribution < -0.4 is 0 Å². The molecule has 0 unspecified atom stereocenters. The summed E-state index contributed by atoms with van der Waals surface area (Å²) < 4.78 is 0. The molecule has 0 aromatic rings. The summed E-state index contributed by atoms with van der Waals surface area (Å²) in [5.74, 6) is -6.14. The van der Waals surface area contributed by atoms with Crippen molar-refractivity contribution in [3.05, 3.63) is 116 Å². The smallest absolute Gasteiger partial charge is 0.182 e. The summed E-state index contributed by atoms with van der Waals surface area (Å²) >= 11 is 0. The molecule has 0 aliphatic heterocycles. The molecule has 15 aliphatic rings. The Morgan fingerprint density at radius 3 is 0.378 bits per heavy atom. The van der Waals surface area contributed by atoms with E-state index in [-0.39, 0.29) is 87.8 Å². The number of ketones is 10. The first-order chi connectivity index (χ1) is 21.4. The van der Waals surface area contributed by atoms with Gasteiger partial charge < -0.3 is 0 Å². The molecular weight excluding hydrogens is 580 g/mol. The quantitative estimate of drug-likeness (QED) is 0.375. The zero-order valence-corrected chi connectivity index (χ0v) is 23.4. The molecule has 0 heterocycles. The third-order valence-electron chi connectivity index (χ3n) is 8.12. The van der Waals surface area contributed by atoms with Gasteiger partial charge in [0.1, 0.15) is 0 Å². The van der Waals surface area contributed by atoms with E-state index in [0.29, 0.717) is 0 Å². The molecule has 45 heavy (non-hydrogen) atoms. The maximum absolute atomic E-state index is 12.9. The Morgan fingerprint density at radius 2 is 0.289 bits per heavy atom. The normalized spacial score (nSPS) is 22.7. The summed E-state index contributed by atoms with van der Waals surface area (Å²) in [4.78, 5) is 129. The third-order valence-corrected chi connectivity index (χ3v) is 8.12. The van der Waals surface area contributed by atoms with Gasteiger partial charge in [-0.15, -0.1) is 0 Å². The van der Waals surface area contributed by atoms with Gasteiger partial charge in [-0.3, -0.25) is 47.9 Å². The van der Waals surface area contributed by atoms with Gasteiger partial charge in [0.2, 0.25) is 0 Å². The van der Waals surface area contributed by atoms with E-state index in [4.69, 9.17) is 0 Å². The summed E-state index contributed by atoms with van der Waals surface area (Å²) in [6, 6.07) is 0. The summed E-state index contributed by atoms with van der Waals surface area (Å²) in [5, 5.41) is 0. The van der Waals surface area contributed by atoms with Gasteiger partial charge in [-0.2, -0.15) is 0 Å². The van der Waals surface area contributed by atoms with Crippen molar-refractivity contribution in [2.45, 2.75) is 32.1 Å². The van der Waals surface area contributed by atoms with Gasteiger partial charge in [-0.25, -0.2) is 0 Å². The maximum Gasteiger partial charge on any atom is 0.182 e. The van der Waals surface area contributed by atoms with E-state index in [9.17, 15) is 47.9 Å². The van der Waals surface area contributed by atoms with Crippen molar-refractivity contribution >= 4 is 57.8 Å². The fourth-order valence-corrected chi connectivity index (χ4v) is 5.63. The van der Waals surface area contributed by atoms with Crippen LogP contribution in [0.5, 0.6) is 0 Å². The van der Waals surface area contributed by atoms with Crippen molar-refractivity contribution < 1.29 is 47.9 Å². The van der Waals surface area contributed by atoms with Gasteiger partial charge >= 0.3 is 0 Å². The molecule has 0 saturated heterocycles. The van der Waals surface area contributed by atoms with Crippen LogP contribution in [0.2, 0.25) is 0 Å². The van der Waals surface area contributed by atoms with Crippen LogP contribution in [0.15, 0.2) is 116 Å². The van der Waals surface area contributed by atoms with Crippen molar-refractivity contribution in [3.8, 4) is 0 Å². The van der Waals surface area contributed by atoms with Crippen molar-refractivity contribution in [3.63, 3.8) is 0 Å². The number of rotatable bonds is 0. The Kier molecular flexibility index (Phi) is 7.12. The largest absolute Gasteiger partial charge is 0.290 e. The van der Waals surface area contributed by atoms with Crippen LogP contribution in [0.4, 0.5) is 0 Å². The molecule has 10 bridgehead atoms. The first kappa shape index (κ1) is 29.2. The van der Waals surface area contributed by atoms with Crippen molar-refractivity contribution in [1.82, 2.24) is 0 Å². The number of carbonyl (C=O) groups is 10. The van der Waals surface area contributed by atoms with Crippen LogP contribution >= 0.6 is 0 Å². The van der Waals surface area contributed by atoms with Crippen LogP contribution in [0, 0.1) is 0 Å². The number of carbonyl (C=O) groups excluding carboxylic acids is 10. The topological polar surface area (TPSA) is 171 Å². The number of allylic oxidation sites excluding steroid dienone is 20. The highest BCUT2D eigenvalue weighted by Crippen LogP contribution is 2.31. The van der Waals surface area contributed by atoms with Gasteiger partial charge in [0, 0.05) is 87.8 Å². The highest BCUT2D eigenvalue weighted by atomic mass is 16.2. The lowest BCUT2D eigenvalue weighted by Gasteiger charge is -2.17. The highest BCUT2D eigenvalue weighted by molar-refractivity contribution is 6.27. The molecule has 0 amide bonds. The summed E-state index contributed by atoms with van der Waals surface area (Å²) in [7, 11) is 0. The highest BCUT2D eigenvalue weighted by Gasteiger charge is 2.31. The minimum atomic E-state index is -0.614. The molecule has 0 aromatic heterocycles. The Balaban J connectivity index is 1.37. The summed E-state index contributed by atoms with van der Waals surface area (Å²) in [5.41, 5.74) is -0.498. The van der Waals surface area contributed by atoms with Crippen LogP contribution in [-0.2, 0) is 47.9 Å². The van der Waals surface area contributed by atoms with E-state index >= 15 is 0 Å². The van der Waals surface area contributed by atoms with E-state index in [1.54, 1.807) is 0 Å². The van der Waals surface area contributed by atoms with E-state index in [0.717, 1.165) is 60.8 Å². The van der Waals surface area contributed by atoms with Crippen molar-refractivity contribution in [2.24, 2.45) is 0 Å². The molecule has 0 radical (unpaired) electrons. The Morgan fingerprint density at radius 1 is 0.200 bits per heavy atom. The van der Waals surface area contributed by atoms with Crippen molar-refractivity contribution in [1.29, 1.82) is 0 Å². The van der Waals surface area contributed by atoms with E-state index in [1.807, 2.05) is 0 Å². The first-order valence-corrected chi connectivity index (χ1v) is 13.9. The van der Waals surface area contributed by atoms with Crippen LogP contribution in [0.25, 0.3) is 0 Å². The monoisotopic (exact) mass is 600 g/mol. The van der Waals surface area contributed by atoms with Crippen LogP contribution in [-0.4, -0.2) is 57.8 Å². The fourth-order valence-electron chi connectivity index (χ4n) is 5.63. The minimum absolute atomic E-state index is 0.0498. The first-order valence-electron chi connectivity index (χ1n) is 13.9. The molecule has 10 nitrogen and oxygen atoms in total. The lowest BCUT2D eigenvalue weighted by atomic mass is 9.83. The second-order valence-corrected chi connectivity index (χ2v) is 11.2. The Labute approximate surface area is 254 Å². The minimum Gasteiger partial charge on any atom is -0.290 e. The molecule has 15 aliphatic carbocycles. The molecule has 0 spiro atoms. The second-order valence-electron chi connectivity index (χ2n) is 11.2. The fraction of sp³-hybridized carbons (Fsp3) is 0.143. The SMILES string of the molecule is O=C1C=C2CC3=CC(=O)C(=CC3=O)CC3=CC(=O)C(=CC3=O)CC3=CC(=O)C(=CC3=O)CC3=CC(=O)C(=CC3=O)CC1=CC2=O. The molecule has 0 fully saturated rings. The summed E-state index contributed by atoms with van der Waals surface area (Å²) in [6.45, 7) is 0. The molecular formula is C35H20O10. The Hall–Kier alpha value is -5.90. The molecule has 10 heteroatoms. The molecule has 0 N–H and O–H groups in total. The van der Waals surface area contributed by atoms with E-state index in [1.165, 1.54) is 0 Å². The average Bonchev–Trinajstić information content (AvgIpc) is 2.97. The van der Waals surface area contributed by atoms with Crippen molar-refractivity contribution in [2.75, 3.05) is 0 Å². The second kappa shape index (κ2) is 11.0. The van der Waals surface area contributed by atoms with E-state index in [2.05, 4.69) is 0 Å². The van der Waals surface area contributed by atoms with Gasteiger partial charge in [0.15, 0.2) is 57.8 Å². The molecule has 0 aromatic carbocycles. The van der Waals surface area contributed by atoms with E-state index < -0.39 is 57.8 Å². The lowest BCUT2D eigenvalue weighted by molar-refractivity contribution is -0.116. The molecule has 15 rings (SSSR count). The number of hydrogen-bond acceptors (Lipinski definition) is 10. The predicted octanol–water partition coefficient (Wildman–Crippen LogP) is 1.97. The van der Waals surface area contributed by atoms with Gasteiger partial charge in [-0.05, 0) is 60.8 Å². The van der Waals surface area contributed by atoms with Crippen LogP contribution in [0.3, 0.4) is 0 Å². The lowest BCUT2D eigenvalue weighted by Crippen LogP contribution is -2.20. The predicted molar refractivity (Wildman–Crippen MR) is 154 cm³/mol. The van der Waals surface area contributed by atoms with Gasteiger partial charge in [-0.1, -0.05) is 0 Å². The Bertz CT molecular complexity index is 1540. The maximum atomic E-state index is 12.9. The van der Waals surface area contributed by atoms with Gasteiger partial charge in [0.25, 0.3) is 0 Å². The standard InChI is InChI=1S/C35H20O10/c36-26-8-18-2-20-10-32(42)22(12-30(20)40)4-24-14-35(45)25(15-34(24)44)5-23-13-31(41)21(11-33(23)43)3-19-9-27(37)17(7-29(19)39)1-16(26)6-28(18)38/h6-15H,1-5H2. The molecule has 0 atom stereocenters. The summed E-state index contributed by atoms with van der Waals surface area (Å²) in [6.07, 6.45) is 8.65. The van der Waals surface area contributed by atoms with Gasteiger partial charge in [0.05, 0.1) is 0 Å². The number of hydrogen-bond donors (Lipinski definition) is 0. The van der Waals surface area contributed by atoms with Crippen LogP contribution in [0.1, 0.15) is 32.1 Å². The average molecular weight is 601 g/mol. The zero-order chi connectivity index (χ0) is 32.2. The zero-order valence-electron chi connectivity index (χ0n) is 23.4.